The first kappa shape index (κ1) is 12.2. The molecule has 0 aliphatic rings. The molecule has 1 atom stereocenters. The molecule has 17 heavy (non-hydrogen) atoms. The first-order valence-corrected chi connectivity index (χ1v) is 6.43. The van der Waals surface area contributed by atoms with E-state index in [0.29, 0.717) is 0 Å². The van der Waals surface area contributed by atoms with Crippen molar-refractivity contribution in [3.8, 4) is 0 Å². The molecule has 0 bridgehead atoms. The monoisotopic (exact) mass is 230 g/mol. The zero-order chi connectivity index (χ0) is 12.3. The van der Waals surface area contributed by atoms with Crippen molar-refractivity contribution in [3.63, 3.8) is 0 Å². The van der Waals surface area contributed by atoms with Crippen molar-refractivity contribution in [1.82, 2.24) is 10.3 Å². The van der Waals surface area contributed by atoms with E-state index in [4.69, 9.17) is 0 Å². The lowest BCUT2D eigenvalue weighted by atomic mass is 9.98. The van der Waals surface area contributed by atoms with Crippen molar-refractivity contribution in [2.75, 3.05) is 6.54 Å². The largest absolute Gasteiger partial charge is 0.361 e. The van der Waals surface area contributed by atoms with Gasteiger partial charge in [-0.2, -0.15) is 0 Å². The third-order valence-electron chi connectivity index (χ3n) is 3.55. The number of nitrogens with one attached hydrogen (secondary N) is 2. The van der Waals surface area contributed by atoms with Gasteiger partial charge in [-0.05, 0) is 41.5 Å². The van der Waals surface area contributed by atoms with Gasteiger partial charge in [-0.25, -0.2) is 0 Å². The van der Waals surface area contributed by atoms with Crippen LogP contribution in [0.4, 0.5) is 0 Å². The van der Waals surface area contributed by atoms with E-state index in [1.54, 1.807) is 0 Å². The first-order chi connectivity index (χ1) is 8.16. The SMILES string of the molecule is CC(C)C(C)CNCc1ccc2cc[nH]c2c1. The summed E-state index contributed by atoms with van der Waals surface area (Å²) in [5.41, 5.74) is 2.57. The Balaban J connectivity index is 1.90. The van der Waals surface area contributed by atoms with Crippen LogP contribution in [-0.2, 0) is 6.54 Å². The van der Waals surface area contributed by atoms with Gasteiger partial charge in [-0.15, -0.1) is 0 Å². The molecule has 0 saturated carbocycles. The molecule has 1 heterocycles. The summed E-state index contributed by atoms with van der Waals surface area (Å²) in [4.78, 5) is 3.25. The molecule has 0 spiro atoms. The van der Waals surface area contributed by atoms with Gasteiger partial charge in [0.1, 0.15) is 0 Å². The summed E-state index contributed by atoms with van der Waals surface area (Å²) >= 11 is 0. The van der Waals surface area contributed by atoms with Crippen LogP contribution >= 0.6 is 0 Å². The highest BCUT2D eigenvalue weighted by Crippen LogP contribution is 2.14. The summed E-state index contributed by atoms with van der Waals surface area (Å²) in [6, 6.07) is 8.70. The van der Waals surface area contributed by atoms with Crippen LogP contribution in [0.15, 0.2) is 30.5 Å². The lowest BCUT2D eigenvalue weighted by Crippen LogP contribution is -2.23. The number of aromatic nitrogens is 1. The average molecular weight is 230 g/mol. The van der Waals surface area contributed by atoms with Crippen LogP contribution in [0, 0.1) is 11.8 Å². The second-order valence-electron chi connectivity index (χ2n) is 5.25. The molecule has 0 saturated heterocycles. The minimum absolute atomic E-state index is 0.726. The van der Waals surface area contributed by atoms with Gasteiger partial charge in [-0.1, -0.05) is 32.9 Å². The topological polar surface area (TPSA) is 27.8 Å². The molecular formula is C15H22N2. The number of rotatable bonds is 5. The van der Waals surface area contributed by atoms with Crippen molar-refractivity contribution in [2.24, 2.45) is 11.8 Å². The smallest absolute Gasteiger partial charge is 0.0457 e. The Kier molecular flexibility index (Phi) is 3.85. The number of aromatic amines is 1. The van der Waals surface area contributed by atoms with Gasteiger partial charge in [0.05, 0.1) is 0 Å². The highest BCUT2D eigenvalue weighted by atomic mass is 14.9. The quantitative estimate of drug-likeness (QED) is 0.807. The average Bonchev–Trinajstić information content (AvgIpc) is 2.75. The first-order valence-electron chi connectivity index (χ1n) is 6.43. The Hall–Kier alpha value is -1.28. The molecule has 0 aliphatic carbocycles. The molecule has 0 aliphatic heterocycles. The van der Waals surface area contributed by atoms with Crippen molar-refractivity contribution in [3.05, 3.63) is 36.0 Å². The second kappa shape index (κ2) is 5.37. The highest BCUT2D eigenvalue weighted by Gasteiger charge is 2.06. The Morgan fingerprint density at radius 1 is 1.18 bits per heavy atom. The predicted molar refractivity (Wildman–Crippen MR) is 74.0 cm³/mol. The number of hydrogen-bond donors (Lipinski definition) is 2. The summed E-state index contributed by atoms with van der Waals surface area (Å²) in [6.45, 7) is 8.88. The third-order valence-corrected chi connectivity index (χ3v) is 3.55. The van der Waals surface area contributed by atoms with Crippen LogP contribution in [0.2, 0.25) is 0 Å². The number of benzene rings is 1. The van der Waals surface area contributed by atoms with Gasteiger partial charge in [0.25, 0.3) is 0 Å². The zero-order valence-electron chi connectivity index (χ0n) is 11.0. The van der Waals surface area contributed by atoms with E-state index < -0.39 is 0 Å². The Morgan fingerprint density at radius 2 is 2.00 bits per heavy atom. The van der Waals surface area contributed by atoms with Crippen LogP contribution in [0.3, 0.4) is 0 Å². The van der Waals surface area contributed by atoms with E-state index in [1.807, 2.05) is 6.20 Å². The van der Waals surface area contributed by atoms with Crippen LogP contribution < -0.4 is 5.32 Å². The Morgan fingerprint density at radius 3 is 2.76 bits per heavy atom. The van der Waals surface area contributed by atoms with Crippen LogP contribution in [0.5, 0.6) is 0 Å². The van der Waals surface area contributed by atoms with Gasteiger partial charge in [0.2, 0.25) is 0 Å². The molecule has 92 valence electrons. The van der Waals surface area contributed by atoms with Crippen LogP contribution in [0.1, 0.15) is 26.3 Å². The zero-order valence-corrected chi connectivity index (χ0v) is 11.0. The fraction of sp³-hybridized carbons (Fsp3) is 0.467. The summed E-state index contributed by atoms with van der Waals surface area (Å²) < 4.78 is 0. The summed E-state index contributed by atoms with van der Waals surface area (Å²) in [6.07, 6.45) is 1.99. The maximum Gasteiger partial charge on any atom is 0.0457 e. The van der Waals surface area contributed by atoms with Crippen molar-refractivity contribution in [1.29, 1.82) is 0 Å². The Labute approximate surface area is 103 Å². The van der Waals surface area contributed by atoms with E-state index in [0.717, 1.165) is 24.9 Å². The standard InChI is InChI=1S/C15H22N2/c1-11(2)12(3)9-16-10-13-4-5-14-6-7-17-15(14)8-13/h4-8,11-12,16-17H,9-10H2,1-3H3. The van der Waals surface area contributed by atoms with E-state index >= 15 is 0 Å². The minimum atomic E-state index is 0.726. The molecule has 2 heteroatoms. The molecule has 1 unspecified atom stereocenters. The predicted octanol–water partition coefficient (Wildman–Crippen LogP) is 3.55. The molecule has 1 aromatic carbocycles. The molecular weight excluding hydrogens is 208 g/mol. The van der Waals surface area contributed by atoms with Gasteiger partial charge in [-0.3, -0.25) is 0 Å². The van der Waals surface area contributed by atoms with Crippen molar-refractivity contribution >= 4 is 10.9 Å². The second-order valence-corrected chi connectivity index (χ2v) is 5.25. The normalized spacial score (nSPS) is 13.4. The molecule has 0 fully saturated rings. The minimum Gasteiger partial charge on any atom is -0.361 e. The van der Waals surface area contributed by atoms with Crippen LogP contribution in [0.25, 0.3) is 10.9 Å². The molecule has 2 nitrogen and oxygen atoms in total. The van der Waals surface area contributed by atoms with E-state index in [2.05, 4.69) is 55.3 Å². The lowest BCUT2D eigenvalue weighted by molar-refractivity contribution is 0.392. The molecule has 2 N–H and O–H groups in total. The van der Waals surface area contributed by atoms with E-state index in [-0.39, 0.29) is 0 Å². The third kappa shape index (κ3) is 3.10. The van der Waals surface area contributed by atoms with Crippen LogP contribution in [-0.4, -0.2) is 11.5 Å². The van der Waals surface area contributed by atoms with Crippen molar-refractivity contribution < 1.29 is 0 Å². The van der Waals surface area contributed by atoms with E-state index in [9.17, 15) is 0 Å². The van der Waals surface area contributed by atoms with Gasteiger partial charge >= 0.3 is 0 Å². The van der Waals surface area contributed by atoms with Gasteiger partial charge < -0.3 is 10.3 Å². The fourth-order valence-corrected chi connectivity index (χ4v) is 1.88. The lowest BCUT2D eigenvalue weighted by Gasteiger charge is -2.16. The Bertz CT molecular complexity index is 470. The summed E-state index contributed by atoms with van der Waals surface area (Å²) in [5.74, 6) is 1.47. The molecule has 1 aromatic heterocycles. The number of H-pyrrole nitrogens is 1. The fourth-order valence-electron chi connectivity index (χ4n) is 1.88. The summed E-state index contributed by atoms with van der Waals surface area (Å²) in [7, 11) is 0. The van der Waals surface area contributed by atoms with Gasteiger partial charge in [0, 0.05) is 18.3 Å². The highest BCUT2D eigenvalue weighted by molar-refractivity contribution is 5.79. The summed E-state index contributed by atoms with van der Waals surface area (Å²) in [5, 5.41) is 4.81. The molecule has 0 amide bonds. The number of fused-ring (bicyclic) bond motifs is 1. The molecule has 2 aromatic rings. The molecule has 0 radical (unpaired) electrons. The maximum absolute atomic E-state index is 3.53. The van der Waals surface area contributed by atoms with Gasteiger partial charge in [0.15, 0.2) is 0 Å². The maximum atomic E-state index is 3.53. The molecule has 2 rings (SSSR count). The number of hydrogen-bond acceptors (Lipinski definition) is 1. The van der Waals surface area contributed by atoms with Crippen molar-refractivity contribution in [2.45, 2.75) is 27.3 Å². The van der Waals surface area contributed by atoms with E-state index in [1.165, 1.54) is 16.5 Å².